The van der Waals surface area contributed by atoms with Gasteiger partial charge in [0.15, 0.2) is 0 Å². The summed E-state index contributed by atoms with van der Waals surface area (Å²) in [6, 6.07) is 0. The van der Waals surface area contributed by atoms with Gasteiger partial charge >= 0.3 is 5.97 Å². The SMILES string of the molecule is C=CC(=O)OC(CCCCCCCCCCCCCC)CS(=O)(=O)O. The van der Waals surface area contributed by atoms with Crippen molar-refractivity contribution in [1.29, 1.82) is 0 Å². The van der Waals surface area contributed by atoms with Gasteiger partial charge in [-0.05, 0) is 12.8 Å². The lowest BCUT2D eigenvalue weighted by atomic mass is 10.0. The zero-order chi connectivity index (χ0) is 19.0. The Morgan fingerprint density at radius 2 is 1.40 bits per heavy atom. The average Bonchev–Trinajstić information content (AvgIpc) is 2.54. The molecule has 0 aliphatic rings. The van der Waals surface area contributed by atoms with E-state index in [1.54, 1.807) is 0 Å². The van der Waals surface area contributed by atoms with Gasteiger partial charge < -0.3 is 4.74 Å². The van der Waals surface area contributed by atoms with Crippen LogP contribution in [-0.4, -0.2) is 30.8 Å². The van der Waals surface area contributed by atoms with Crippen LogP contribution in [0.4, 0.5) is 0 Å². The zero-order valence-electron chi connectivity index (χ0n) is 15.7. The number of unbranched alkanes of at least 4 members (excludes halogenated alkanes) is 11. The van der Waals surface area contributed by atoms with Crippen LogP contribution in [-0.2, 0) is 19.6 Å². The molecule has 0 aliphatic carbocycles. The molecular formula is C19H36O5S. The first-order valence-electron chi connectivity index (χ1n) is 9.67. The Bertz CT molecular complexity index is 445. The van der Waals surface area contributed by atoms with Gasteiger partial charge in [-0.2, -0.15) is 8.42 Å². The van der Waals surface area contributed by atoms with E-state index in [9.17, 15) is 13.2 Å². The second-order valence-corrected chi connectivity index (χ2v) is 8.19. The first-order chi connectivity index (χ1) is 11.9. The third-order valence-electron chi connectivity index (χ3n) is 4.23. The Balaban J connectivity index is 3.67. The third-order valence-corrected chi connectivity index (χ3v) is 5.02. The monoisotopic (exact) mass is 376 g/mol. The summed E-state index contributed by atoms with van der Waals surface area (Å²) >= 11 is 0. The predicted molar refractivity (Wildman–Crippen MR) is 102 cm³/mol. The molecule has 0 aromatic carbocycles. The number of hydrogen-bond donors (Lipinski definition) is 1. The molecule has 0 amide bonds. The summed E-state index contributed by atoms with van der Waals surface area (Å²) in [7, 11) is -4.15. The number of carbonyl (C=O) groups excluding carboxylic acids is 1. The molecule has 0 spiro atoms. The Labute approximate surface area is 154 Å². The first-order valence-corrected chi connectivity index (χ1v) is 11.3. The highest BCUT2D eigenvalue weighted by molar-refractivity contribution is 7.85. The van der Waals surface area contributed by atoms with Gasteiger partial charge in [-0.1, -0.05) is 84.1 Å². The van der Waals surface area contributed by atoms with Gasteiger partial charge in [-0.15, -0.1) is 0 Å². The fourth-order valence-corrected chi connectivity index (χ4v) is 3.54. The van der Waals surface area contributed by atoms with Crippen LogP contribution >= 0.6 is 0 Å². The lowest BCUT2D eigenvalue weighted by Gasteiger charge is -2.15. The van der Waals surface area contributed by atoms with Crippen molar-refractivity contribution in [3.8, 4) is 0 Å². The minimum absolute atomic E-state index is 0.441. The van der Waals surface area contributed by atoms with Crippen LogP contribution in [0.5, 0.6) is 0 Å². The molecule has 0 fully saturated rings. The largest absolute Gasteiger partial charge is 0.458 e. The quantitative estimate of drug-likeness (QED) is 0.166. The molecule has 0 aromatic rings. The Morgan fingerprint density at radius 1 is 0.960 bits per heavy atom. The van der Waals surface area contributed by atoms with E-state index in [0.717, 1.165) is 25.3 Å². The molecule has 5 nitrogen and oxygen atoms in total. The molecule has 0 heterocycles. The summed E-state index contributed by atoms with van der Waals surface area (Å²) in [5.74, 6) is -1.21. The van der Waals surface area contributed by atoms with Gasteiger partial charge in [0.2, 0.25) is 0 Å². The molecule has 0 bridgehead atoms. The average molecular weight is 377 g/mol. The Morgan fingerprint density at radius 3 is 1.80 bits per heavy atom. The maximum atomic E-state index is 11.2. The van der Waals surface area contributed by atoms with E-state index < -0.39 is 27.9 Å². The molecular weight excluding hydrogens is 340 g/mol. The first kappa shape index (κ1) is 24.1. The molecule has 0 aromatic heterocycles. The van der Waals surface area contributed by atoms with E-state index in [2.05, 4.69) is 13.5 Å². The zero-order valence-corrected chi connectivity index (χ0v) is 16.6. The van der Waals surface area contributed by atoms with E-state index in [-0.39, 0.29) is 0 Å². The van der Waals surface area contributed by atoms with Crippen LogP contribution in [0, 0.1) is 0 Å². The minimum Gasteiger partial charge on any atom is -0.458 e. The number of esters is 1. The second-order valence-electron chi connectivity index (χ2n) is 6.69. The van der Waals surface area contributed by atoms with E-state index in [1.165, 1.54) is 57.8 Å². The van der Waals surface area contributed by atoms with Crippen LogP contribution in [0.1, 0.15) is 90.4 Å². The van der Waals surface area contributed by atoms with Crippen molar-refractivity contribution in [3.63, 3.8) is 0 Å². The molecule has 25 heavy (non-hydrogen) atoms. The molecule has 0 rings (SSSR count). The highest BCUT2D eigenvalue weighted by Gasteiger charge is 2.19. The van der Waals surface area contributed by atoms with E-state index >= 15 is 0 Å². The van der Waals surface area contributed by atoms with Crippen LogP contribution in [0.15, 0.2) is 12.7 Å². The van der Waals surface area contributed by atoms with Crippen LogP contribution < -0.4 is 0 Å². The molecule has 1 unspecified atom stereocenters. The summed E-state index contributed by atoms with van der Waals surface area (Å²) in [5, 5.41) is 0. The van der Waals surface area contributed by atoms with Crippen molar-refractivity contribution in [1.82, 2.24) is 0 Å². The van der Waals surface area contributed by atoms with Crippen molar-refractivity contribution in [2.45, 2.75) is 96.5 Å². The standard InChI is InChI=1S/C19H36O5S/c1-3-5-6-7-8-9-10-11-12-13-14-15-16-18(17-25(21,22)23)24-19(20)4-2/h4,18H,2-3,5-17H2,1H3,(H,21,22,23). The fraction of sp³-hybridized carbons (Fsp3) is 0.842. The topological polar surface area (TPSA) is 80.7 Å². The lowest BCUT2D eigenvalue weighted by Crippen LogP contribution is -2.26. The summed E-state index contributed by atoms with van der Waals surface area (Å²) in [6.07, 6.45) is 15.2. The van der Waals surface area contributed by atoms with Crippen molar-refractivity contribution in [3.05, 3.63) is 12.7 Å². The molecule has 0 radical (unpaired) electrons. The molecule has 1 atom stereocenters. The minimum atomic E-state index is -4.15. The maximum absolute atomic E-state index is 11.2. The van der Waals surface area contributed by atoms with Gasteiger partial charge in [0.05, 0.1) is 0 Å². The summed E-state index contributed by atoms with van der Waals surface area (Å²) in [5.41, 5.74) is 0. The van der Waals surface area contributed by atoms with Crippen LogP contribution in [0.3, 0.4) is 0 Å². The second kappa shape index (κ2) is 15.4. The highest BCUT2D eigenvalue weighted by atomic mass is 32.2. The van der Waals surface area contributed by atoms with Crippen molar-refractivity contribution >= 4 is 16.1 Å². The maximum Gasteiger partial charge on any atom is 0.330 e. The molecule has 0 saturated carbocycles. The summed E-state index contributed by atoms with van der Waals surface area (Å²) in [6.45, 7) is 5.52. The van der Waals surface area contributed by atoms with Gasteiger partial charge in [-0.25, -0.2) is 4.79 Å². The molecule has 0 aliphatic heterocycles. The molecule has 0 saturated heterocycles. The number of hydrogen-bond acceptors (Lipinski definition) is 4. The number of ether oxygens (including phenoxy) is 1. The van der Waals surface area contributed by atoms with Crippen LogP contribution in [0.2, 0.25) is 0 Å². The van der Waals surface area contributed by atoms with E-state index in [4.69, 9.17) is 9.29 Å². The fourth-order valence-electron chi connectivity index (χ4n) is 2.84. The van der Waals surface area contributed by atoms with Gasteiger partial charge in [0.1, 0.15) is 11.9 Å². The molecule has 1 N–H and O–H groups in total. The van der Waals surface area contributed by atoms with Gasteiger partial charge in [-0.3, -0.25) is 4.55 Å². The van der Waals surface area contributed by atoms with Gasteiger partial charge in [0, 0.05) is 6.08 Å². The van der Waals surface area contributed by atoms with E-state index in [1.807, 2.05) is 0 Å². The van der Waals surface area contributed by atoms with Crippen molar-refractivity contribution < 1.29 is 22.5 Å². The van der Waals surface area contributed by atoms with Crippen LogP contribution in [0.25, 0.3) is 0 Å². The van der Waals surface area contributed by atoms with E-state index in [0.29, 0.717) is 6.42 Å². The lowest BCUT2D eigenvalue weighted by molar-refractivity contribution is -0.142. The smallest absolute Gasteiger partial charge is 0.330 e. The molecule has 6 heteroatoms. The Kier molecular flexibility index (Phi) is 14.8. The predicted octanol–water partition coefficient (Wildman–Crippen LogP) is 5.06. The van der Waals surface area contributed by atoms with Crippen molar-refractivity contribution in [2.75, 3.05) is 5.75 Å². The normalized spacial score (nSPS) is 12.7. The molecule has 148 valence electrons. The number of rotatable bonds is 17. The third kappa shape index (κ3) is 17.7. The van der Waals surface area contributed by atoms with Gasteiger partial charge in [0.25, 0.3) is 10.1 Å². The Hall–Kier alpha value is -0.880. The van der Waals surface area contributed by atoms with Crippen molar-refractivity contribution in [2.24, 2.45) is 0 Å². The summed E-state index contributed by atoms with van der Waals surface area (Å²) in [4.78, 5) is 11.2. The number of carbonyl (C=O) groups is 1. The highest BCUT2D eigenvalue weighted by Crippen LogP contribution is 2.14. The summed E-state index contributed by atoms with van der Waals surface area (Å²) < 4.78 is 35.8.